The van der Waals surface area contributed by atoms with Crippen molar-refractivity contribution in [3.8, 4) is 11.6 Å². The summed E-state index contributed by atoms with van der Waals surface area (Å²) in [5, 5.41) is 4.54. The topological polar surface area (TPSA) is 81.2 Å². The smallest absolute Gasteiger partial charge is 0.293 e. The van der Waals surface area contributed by atoms with Gasteiger partial charge in [-0.25, -0.2) is 0 Å². The number of amides is 1. The van der Waals surface area contributed by atoms with E-state index in [4.69, 9.17) is 20.4 Å². The predicted molar refractivity (Wildman–Crippen MR) is 109 cm³/mol. The van der Waals surface area contributed by atoms with Crippen LogP contribution in [0, 0.1) is 17.6 Å². The summed E-state index contributed by atoms with van der Waals surface area (Å²) in [4.78, 5) is 16.9. The van der Waals surface area contributed by atoms with Gasteiger partial charge in [0.1, 0.15) is 5.58 Å². The molecule has 0 unspecified atom stereocenters. The number of halogens is 2. The first kappa shape index (κ1) is 17.5. The summed E-state index contributed by atoms with van der Waals surface area (Å²) in [5.74, 6) is 0.822. The van der Waals surface area contributed by atoms with Crippen molar-refractivity contribution in [3.63, 3.8) is 0 Å². The molecule has 3 heterocycles. The van der Waals surface area contributed by atoms with Crippen molar-refractivity contribution in [2.75, 3.05) is 5.32 Å². The lowest BCUT2D eigenvalue weighted by atomic mass is 10.1. The van der Waals surface area contributed by atoms with Gasteiger partial charge in [-0.05, 0) is 66.3 Å². The number of rotatable bonds is 3. The third kappa shape index (κ3) is 3.12. The van der Waals surface area contributed by atoms with Gasteiger partial charge in [-0.1, -0.05) is 11.6 Å². The van der Waals surface area contributed by atoms with Crippen LogP contribution in [0.2, 0.25) is 5.02 Å². The Bertz CT molecular complexity index is 1150. The average molecular weight is 500 g/mol. The van der Waals surface area contributed by atoms with Crippen LogP contribution in [0.3, 0.4) is 0 Å². The molecule has 0 aliphatic heterocycles. The largest absolute Gasteiger partial charge is 0.451 e. The van der Waals surface area contributed by atoms with Crippen LogP contribution < -0.4 is 5.32 Å². The van der Waals surface area contributed by atoms with Gasteiger partial charge in [-0.2, -0.15) is 9.36 Å². The van der Waals surface area contributed by atoms with E-state index in [1.165, 1.54) is 0 Å². The number of hydrogen-bond acceptors (Lipinski definition) is 6. The van der Waals surface area contributed by atoms with E-state index in [2.05, 4.69) is 37.3 Å². The maximum atomic E-state index is 12.6. The van der Waals surface area contributed by atoms with Crippen molar-refractivity contribution in [1.29, 1.82) is 0 Å². The molecule has 0 aliphatic rings. The number of nitrogens with one attached hydrogen (secondary N) is 1. The first-order chi connectivity index (χ1) is 12.4. The fourth-order valence-corrected chi connectivity index (χ4v) is 3.67. The van der Waals surface area contributed by atoms with Crippen LogP contribution >= 0.6 is 45.7 Å². The molecule has 132 valence electrons. The van der Waals surface area contributed by atoms with Crippen molar-refractivity contribution in [3.05, 3.63) is 49.9 Å². The number of aromatic nitrogens is 2. The highest BCUT2D eigenvalue weighted by atomic mass is 127. The number of carbonyl (C=O) groups excluding carboxylic acids is 1. The summed E-state index contributed by atoms with van der Waals surface area (Å²) in [6, 6.07) is 7.23. The number of carbonyl (C=O) groups is 1. The van der Waals surface area contributed by atoms with E-state index in [-0.39, 0.29) is 11.7 Å². The van der Waals surface area contributed by atoms with E-state index in [9.17, 15) is 4.79 Å². The standard InChI is InChI=1S/C17H11ClIN3O3S/c1-7-5-12-9(6-10(7)18)8(2)14(25-12)16(23)21-17-20-15(22-26-17)11-3-4-13(19)24-11/h3-6H,1-2H3,(H,20,21,22,23). The van der Waals surface area contributed by atoms with Gasteiger partial charge in [0.15, 0.2) is 15.3 Å². The molecule has 0 aliphatic carbocycles. The molecule has 9 heteroatoms. The Morgan fingerprint density at radius 2 is 2.08 bits per heavy atom. The minimum absolute atomic E-state index is 0.228. The van der Waals surface area contributed by atoms with Gasteiger partial charge in [0, 0.05) is 27.5 Å². The molecule has 1 aromatic carbocycles. The lowest BCUT2D eigenvalue weighted by molar-refractivity contribution is 0.0998. The molecule has 4 rings (SSSR count). The second kappa shape index (κ2) is 6.67. The molecule has 0 bridgehead atoms. The predicted octanol–water partition coefficient (Wildman–Crippen LogP) is 5.67. The molecule has 1 N–H and O–H groups in total. The molecular weight excluding hydrogens is 489 g/mol. The highest BCUT2D eigenvalue weighted by molar-refractivity contribution is 14.1. The van der Waals surface area contributed by atoms with Crippen molar-refractivity contribution in [2.24, 2.45) is 0 Å². The third-order valence-corrected chi connectivity index (χ3v) is 5.48. The van der Waals surface area contributed by atoms with E-state index in [1.54, 1.807) is 6.07 Å². The van der Waals surface area contributed by atoms with Crippen LogP contribution in [0.25, 0.3) is 22.6 Å². The molecule has 3 aromatic heterocycles. The van der Waals surface area contributed by atoms with Crippen molar-refractivity contribution in [1.82, 2.24) is 9.36 Å². The summed E-state index contributed by atoms with van der Waals surface area (Å²) >= 11 is 9.31. The van der Waals surface area contributed by atoms with Gasteiger partial charge in [0.25, 0.3) is 5.91 Å². The molecule has 26 heavy (non-hydrogen) atoms. The molecule has 0 fully saturated rings. The Labute approximate surface area is 170 Å². The summed E-state index contributed by atoms with van der Waals surface area (Å²) in [5.41, 5.74) is 2.24. The molecule has 0 saturated carbocycles. The Morgan fingerprint density at radius 3 is 2.81 bits per heavy atom. The Hall–Kier alpha value is -1.91. The Balaban J connectivity index is 1.62. The normalized spacial score (nSPS) is 11.2. The van der Waals surface area contributed by atoms with Crippen LogP contribution in [-0.4, -0.2) is 15.3 Å². The van der Waals surface area contributed by atoms with Crippen molar-refractivity contribution < 1.29 is 13.6 Å². The minimum Gasteiger partial charge on any atom is -0.451 e. The van der Waals surface area contributed by atoms with Crippen LogP contribution in [0.1, 0.15) is 21.7 Å². The maximum absolute atomic E-state index is 12.6. The van der Waals surface area contributed by atoms with Gasteiger partial charge in [-0.15, -0.1) is 0 Å². The molecular formula is C17H11ClIN3O3S. The van der Waals surface area contributed by atoms with Crippen LogP contribution in [0.4, 0.5) is 5.13 Å². The molecule has 0 saturated heterocycles. The van der Waals surface area contributed by atoms with Crippen molar-refractivity contribution >= 4 is 67.7 Å². The second-order valence-corrected chi connectivity index (χ2v) is 7.86. The fourth-order valence-electron chi connectivity index (χ4n) is 2.52. The maximum Gasteiger partial charge on any atom is 0.293 e. The number of hydrogen-bond donors (Lipinski definition) is 1. The quantitative estimate of drug-likeness (QED) is 0.367. The van der Waals surface area contributed by atoms with Gasteiger partial charge < -0.3 is 8.83 Å². The van der Waals surface area contributed by atoms with E-state index in [1.807, 2.05) is 32.0 Å². The lowest BCUT2D eigenvalue weighted by Gasteiger charge is -1.98. The number of benzene rings is 1. The van der Waals surface area contributed by atoms with Gasteiger partial charge >= 0.3 is 0 Å². The zero-order valence-corrected chi connectivity index (χ0v) is 17.3. The minimum atomic E-state index is -0.385. The zero-order valence-electron chi connectivity index (χ0n) is 13.6. The first-order valence-corrected chi connectivity index (χ1v) is 9.75. The van der Waals surface area contributed by atoms with Crippen LogP contribution in [0.15, 0.2) is 33.1 Å². The Kier molecular flexibility index (Phi) is 4.49. The molecule has 0 spiro atoms. The van der Waals surface area contributed by atoms with E-state index < -0.39 is 0 Å². The number of furan rings is 2. The molecule has 1 amide bonds. The third-order valence-electron chi connectivity index (χ3n) is 3.86. The number of aryl methyl sites for hydroxylation is 2. The van der Waals surface area contributed by atoms with Gasteiger partial charge in [0.2, 0.25) is 11.0 Å². The van der Waals surface area contributed by atoms with E-state index >= 15 is 0 Å². The fraction of sp³-hybridized carbons (Fsp3) is 0.118. The number of fused-ring (bicyclic) bond motifs is 1. The summed E-state index contributed by atoms with van der Waals surface area (Å²) in [6.07, 6.45) is 0. The Morgan fingerprint density at radius 1 is 1.27 bits per heavy atom. The molecule has 0 atom stereocenters. The summed E-state index contributed by atoms with van der Waals surface area (Å²) < 4.78 is 16.2. The highest BCUT2D eigenvalue weighted by Crippen LogP contribution is 2.31. The van der Waals surface area contributed by atoms with E-state index in [0.29, 0.717) is 27.3 Å². The van der Waals surface area contributed by atoms with E-state index in [0.717, 1.165) is 31.8 Å². The molecule has 0 radical (unpaired) electrons. The summed E-state index contributed by atoms with van der Waals surface area (Å²) in [7, 11) is 0. The lowest BCUT2D eigenvalue weighted by Crippen LogP contribution is -2.11. The molecule has 4 aromatic rings. The van der Waals surface area contributed by atoms with Crippen molar-refractivity contribution in [2.45, 2.75) is 13.8 Å². The monoisotopic (exact) mass is 499 g/mol. The average Bonchev–Trinajstić information content (AvgIpc) is 3.29. The second-order valence-electron chi connectivity index (χ2n) is 5.63. The van der Waals surface area contributed by atoms with Crippen LogP contribution in [-0.2, 0) is 0 Å². The van der Waals surface area contributed by atoms with Gasteiger partial charge in [0.05, 0.1) is 0 Å². The number of nitrogens with zero attached hydrogens (tertiary/aromatic N) is 2. The zero-order chi connectivity index (χ0) is 18.4. The highest BCUT2D eigenvalue weighted by Gasteiger charge is 2.20. The number of anilines is 1. The summed E-state index contributed by atoms with van der Waals surface area (Å²) in [6.45, 7) is 3.71. The molecule has 6 nitrogen and oxygen atoms in total. The first-order valence-electron chi connectivity index (χ1n) is 7.52. The SMILES string of the molecule is Cc1cc2oc(C(=O)Nc3nc(-c4ccc(I)o4)ns3)c(C)c2cc1Cl. The van der Waals surface area contributed by atoms with Crippen LogP contribution in [0.5, 0.6) is 0 Å². The van der Waals surface area contributed by atoms with Gasteiger partial charge in [-0.3, -0.25) is 10.1 Å².